The Morgan fingerprint density at radius 3 is 1.36 bits per heavy atom. The van der Waals surface area contributed by atoms with Gasteiger partial charge in [-0.1, -0.05) is 0 Å². The van der Waals surface area contributed by atoms with Crippen LogP contribution in [0, 0.1) is 0 Å². The molecule has 4 N–H and O–H groups in total. The SMILES string of the molecule is NC(=O)/N=C1\C(=O)C(=O)\C1=N\C(N)=O. The van der Waals surface area contributed by atoms with Crippen molar-refractivity contribution < 1.29 is 19.2 Å². The summed E-state index contributed by atoms with van der Waals surface area (Å²) in [5.41, 5.74) is 8.23. The molecular weight excluding hydrogens is 192 g/mol. The summed E-state index contributed by atoms with van der Waals surface area (Å²) in [4.78, 5) is 48.1. The Morgan fingerprint density at radius 1 is 0.857 bits per heavy atom. The van der Waals surface area contributed by atoms with E-state index in [0.29, 0.717) is 0 Å². The minimum Gasteiger partial charge on any atom is -0.350 e. The Bertz CT molecular complexity index is 380. The van der Waals surface area contributed by atoms with Gasteiger partial charge in [0, 0.05) is 0 Å². The monoisotopic (exact) mass is 196 g/mol. The summed E-state index contributed by atoms with van der Waals surface area (Å²) in [6.07, 6.45) is 0. The van der Waals surface area contributed by atoms with Crippen molar-refractivity contribution in [2.24, 2.45) is 21.5 Å². The van der Waals surface area contributed by atoms with E-state index < -0.39 is 35.1 Å². The Morgan fingerprint density at radius 2 is 1.14 bits per heavy atom. The van der Waals surface area contributed by atoms with E-state index in [4.69, 9.17) is 0 Å². The zero-order chi connectivity index (χ0) is 10.9. The summed E-state index contributed by atoms with van der Waals surface area (Å²) in [5.74, 6) is -2.02. The van der Waals surface area contributed by atoms with E-state index >= 15 is 0 Å². The number of ketones is 2. The Balaban J connectivity index is 3.09. The highest BCUT2D eigenvalue weighted by Crippen LogP contribution is 2.04. The minimum absolute atomic E-state index is 0.527. The fourth-order valence-electron chi connectivity index (χ4n) is 0.795. The molecule has 0 aliphatic heterocycles. The molecule has 0 aromatic heterocycles. The molecule has 0 radical (unpaired) electrons. The van der Waals surface area contributed by atoms with Crippen LogP contribution in [0.3, 0.4) is 0 Å². The molecule has 8 heteroatoms. The van der Waals surface area contributed by atoms with Crippen LogP contribution < -0.4 is 11.5 Å². The lowest BCUT2D eigenvalue weighted by Crippen LogP contribution is -2.51. The maximum absolute atomic E-state index is 10.8. The third kappa shape index (κ3) is 1.53. The molecule has 1 rings (SSSR count). The molecule has 14 heavy (non-hydrogen) atoms. The Labute approximate surface area is 76.7 Å². The molecule has 8 nitrogen and oxygen atoms in total. The third-order valence-electron chi connectivity index (χ3n) is 1.30. The predicted molar refractivity (Wildman–Crippen MR) is 44.1 cm³/mol. The van der Waals surface area contributed by atoms with Gasteiger partial charge in [0.2, 0.25) is 0 Å². The molecule has 0 spiro atoms. The maximum Gasteiger partial charge on any atom is 0.339 e. The van der Waals surface area contributed by atoms with E-state index in [-0.39, 0.29) is 0 Å². The van der Waals surface area contributed by atoms with Crippen LogP contribution in [0.1, 0.15) is 0 Å². The average molecular weight is 196 g/mol. The number of hydrogen-bond donors (Lipinski definition) is 2. The number of amides is 4. The lowest BCUT2D eigenvalue weighted by atomic mass is 9.90. The number of urea groups is 2. The van der Waals surface area contributed by atoms with Crippen LogP contribution >= 0.6 is 0 Å². The zero-order valence-electron chi connectivity index (χ0n) is 6.68. The van der Waals surface area contributed by atoms with Gasteiger partial charge in [0.25, 0.3) is 11.6 Å². The largest absolute Gasteiger partial charge is 0.350 e. The quantitative estimate of drug-likeness (QED) is 0.439. The number of hydrogen-bond acceptors (Lipinski definition) is 4. The molecule has 0 heterocycles. The second kappa shape index (κ2) is 3.17. The number of rotatable bonds is 0. The highest BCUT2D eigenvalue weighted by molar-refractivity contribution is 7.11. The topological polar surface area (TPSA) is 145 Å². The number of Topliss-reactive ketones (excluding diaryl/α,β-unsaturated/α-hetero) is 2. The molecule has 1 saturated carbocycles. The van der Waals surface area contributed by atoms with Crippen LogP contribution in [0.5, 0.6) is 0 Å². The van der Waals surface area contributed by atoms with E-state index in [1.165, 1.54) is 0 Å². The third-order valence-corrected chi connectivity index (χ3v) is 1.30. The van der Waals surface area contributed by atoms with Gasteiger partial charge in [0.1, 0.15) is 0 Å². The summed E-state index contributed by atoms with van der Waals surface area (Å²) >= 11 is 0. The molecule has 0 bridgehead atoms. The molecule has 1 aliphatic carbocycles. The summed E-state index contributed by atoms with van der Waals surface area (Å²) in [6.45, 7) is 0. The first kappa shape index (κ1) is 9.71. The van der Waals surface area contributed by atoms with E-state index in [2.05, 4.69) is 21.5 Å². The number of carbonyl (C=O) groups excluding carboxylic acids is 4. The van der Waals surface area contributed by atoms with Crippen LogP contribution in [0.4, 0.5) is 9.59 Å². The molecule has 0 saturated heterocycles. The van der Waals surface area contributed by atoms with Crippen molar-refractivity contribution in [3.8, 4) is 0 Å². The average Bonchev–Trinajstić information content (AvgIpc) is 2.09. The van der Waals surface area contributed by atoms with Gasteiger partial charge in [-0.05, 0) is 0 Å². The standard InChI is InChI=1S/C6H4N4O4/c7-5(13)9-1-2(10-6(8)14)4(12)3(1)11/h(H2,7,13)(H2,8,14)/b9-1-,10-2+. The fraction of sp³-hybridized carbons (Fsp3) is 0. The van der Waals surface area contributed by atoms with Crippen molar-refractivity contribution in [1.82, 2.24) is 0 Å². The number of nitrogens with two attached hydrogens (primary N) is 2. The lowest BCUT2D eigenvalue weighted by Gasteiger charge is -2.12. The molecule has 0 aromatic carbocycles. The maximum atomic E-state index is 10.8. The molecule has 0 unspecified atom stereocenters. The van der Waals surface area contributed by atoms with Crippen molar-refractivity contribution in [3.63, 3.8) is 0 Å². The number of carbonyl (C=O) groups is 4. The number of nitrogens with zero attached hydrogens (tertiary/aromatic N) is 2. The first-order valence-electron chi connectivity index (χ1n) is 3.29. The summed E-state index contributed by atoms with van der Waals surface area (Å²) in [5, 5.41) is 0. The van der Waals surface area contributed by atoms with Gasteiger partial charge in [0.15, 0.2) is 11.4 Å². The van der Waals surface area contributed by atoms with Crippen LogP contribution in [-0.2, 0) is 9.59 Å². The van der Waals surface area contributed by atoms with Crippen LogP contribution in [0.25, 0.3) is 0 Å². The summed E-state index contributed by atoms with van der Waals surface area (Å²) < 4.78 is 0. The molecule has 1 fully saturated rings. The minimum atomic E-state index is -1.15. The van der Waals surface area contributed by atoms with Crippen molar-refractivity contribution in [3.05, 3.63) is 0 Å². The van der Waals surface area contributed by atoms with E-state index in [9.17, 15) is 19.2 Å². The summed E-state index contributed by atoms with van der Waals surface area (Å²) in [6, 6.07) is -2.31. The van der Waals surface area contributed by atoms with Crippen LogP contribution in [-0.4, -0.2) is 35.1 Å². The van der Waals surface area contributed by atoms with Gasteiger partial charge in [-0.15, -0.1) is 0 Å². The number of aliphatic imine (C=N–C) groups is 2. The van der Waals surface area contributed by atoms with Crippen LogP contribution in [0.2, 0.25) is 0 Å². The van der Waals surface area contributed by atoms with Gasteiger partial charge in [-0.2, -0.15) is 9.98 Å². The first-order chi connectivity index (χ1) is 6.43. The Hall–Kier alpha value is -2.38. The van der Waals surface area contributed by atoms with Gasteiger partial charge in [-0.3, -0.25) is 9.59 Å². The highest BCUT2D eigenvalue weighted by atomic mass is 16.2. The molecule has 0 atom stereocenters. The second-order valence-electron chi connectivity index (χ2n) is 2.26. The smallest absolute Gasteiger partial charge is 0.339 e. The fourth-order valence-corrected chi connectivity index (χ4v) is 0.795. The van der Waals surface area contributed by atoms with Crippen LogP contribution in [0.15, 0.2) is 9.98 Å². The van der Waals surface area contributed by atoms with E-state index in [1.807, 2.05) is 0 Å². The Kier molecular flexibility index (Phi) is 2.19. The normalized spacial score (nSPS) is 21.1. The van der Waals surface area contributed by atoms with Crippen molar-refractivity contribution in [1.29, 1.82) is 0 Å². The van der Waals surface area contributed by atoms with Gasteiger partial charge in [-0.25, -0.2) is 9.59 Å². The van der Waals surface area contributed by atoms with E-state index in [0.717, 1.165) is 0 Å². The molecule has 72 valence electrons. The van der Waals surface area contributed by atoms with Crippen molar-refractivity contribution in [2.45, 2.75) is 0 Å². The first-order valence-corrected chi connectivity index (χ1v) is 3.29. The molecule has 1 aliphatic rings. The van der Waals surface area contributed by atoms with Gasteiger partial charge < -0.3 is 11.5 Å². The number of primary amides is 2. The molecule has 4 amide bonds. The van der Waals surface area contributed by atoms with Crippen molar-refractivity contribution >= 4 is 35.1 Å². The molecule has 0 aromatic rings. The zero-order valence-corrected chi connectivity index (χ0v) is 6.68. The molecular formula is C6H4N4O4. The highest BCUT2D eigenvalue weighted by Gasteiger charge is 2.43. The second-order valence-corrected chi connectivity index (χ2v) is 2.26. The predicted octanol–water partition coefficient (Wildman–Crippen LogP) is -1.82. The van der Waals surface area contributed by atoms with Crippen molar-refractivity contribution in [2.75, 3.05) is 0 Å². The van der Waals surface area contributed by atoms with Gasteiger partial charge >= 0.3 is 12.1 Å². The van der Waals surface area contributed by atoms with E-state index in [1.54, 1.807) is 0 Å². The lowest BCUT2D eigenvalue weighted by molar-refractivity contribution is -0.129. The summed E-state index contributed by atoms with van der Waals surface area (Å²) in [7, 11) is 0. The van der Waals surface area contributed by atoms with Gasteiger partial charge in [0.05, 0.1) is 0 Å².